The summed E-state index contributed by atoms with van der Waals surface area (Å²) in [4.78, 5) is 21.7. The quantitative estimate of drug-likeness (QED) is 0.484. The van der Waals surface area contributed by atoms with Gasteiger partial charge in [0, 0.05) is 11.6 Å². The van der Waals surface area contributed by atoms with Crippen LogP contribution in [0.5, 0.6) is 11.5 Å². The van der Waals surface area contributed by atoms with Gasteiger partial charge in [0.2, 0.25) is 0 Å². The van der Waals surface area contributed by atoms with Gasteiger partial charge in [-0.3, -0.25) is 14.9 Å². The molecule has 6 heteroatoms. The molecule has 2 aromatic carbocycles. The number of hydrogen-bond donors (Lipinski definition) is 0. The second-order valence-corrected chi connectivity index (χ2v) is 4.48. The lowest BCUT2D eigenvalue weighted by Gasteiger charge is -2.10. The van der Waals surface area contributed by atoms with Gasteiger partial charge in [-0.15, -0.1) is 0 Å². The van der Waals surface area contributed by atoms with E-state index in [9.17, 15) is 19.3 Å². The standard InChI is InChI=1S/C15H12FNO4/c1-9-8-11(6-7-14(9)17(19)20)21-15-12(10(2)18)4-3-5-13(15)16/h3-8H,1-2H3. The molecule has 0 heterocycles. The molecule has 0 radical (unpaired) electrons. The maximum Gasteiger partial charge on any atom is 0.272 e. The summed E-state index contributed by atoms with van der Waals surface area (Å²) in [5, 5.41) is 10.7. The molecule has 0 saturated carbocycles. The zero-order valence-electron chi connectivity index (χ0n) is 11.4. The molecular weight excluding hydrogens is 277 g/mol. The smallest absolute Gasteiger partial charge is 0.272 e. The van der Waals surface area contributed by atoms with Gasteiger partial charge in [-0.2, -0.15) is 0 Å². The first kappa shape index (κ1) is 14.6. The molecule has 0 atom stereocenters. The van der Waals surface area contributed by atoms with E-state index in [1.165, 1.54) is 43.3 Å². The Morgan fingerprint density at radius 1 is 1.29 bits per heavy atom. The van der Waals surface area contributed by atoms with Gasteiger partial charge < -0.3 is 4.74 Å². The Kier molecular flexibility index (Phi) is 3.98. The zero-order chi connectivity index (χ0) is 15.6. The number of para-hydroxylation sites is 1. The van der Waals surface area contributed by atoms with Gasteiger partial charge >= 0.3 is 0 Å². The van der Waals surface area contributed by atoms with Crippen molar-refractivity contribution in [3.05, 3.63) is 63.5 Å². The van der Waals surface area contributed by atoms with Crippen molar-refractivity contribution in [3.8, 4) is 11.5 Å². The number of carbonyl (C=O) groups is 1. The largest absolute Gasteiger partial charge is 0.453 e. The van der Waals surface area contributed by atoms with E-state index >= 15 is 0 Å². The van der Waals surface area contributed by atoms with E-state index in [0.29, 0.717) is 5.56 Å². The summed E-state index contributed by atoms with van der Waals surface area (Å²) in [6, 6.07) is 8.12. The molecule has 0 amide bonds. The normalized spacial score (nSPS) is 10.2. The lowest BCUT2D eigenvalue weighted by molar-refractivity contribution is -0.385. The lowest BCUT2D eigenvalue weighted by Crippen LogP contribution is -2.00. The fraction of sp³-hybridized carbons (Fsp3) is 0.133. The van der Waals surface area contributed by atoms with Crippen LogP contribution in [0.2, 0.25) is 0 Å². The third-order valence-electron chi connectivity index (χ3n) is 2.93. The Morgan fingerprint density at radius 2 is 2.00 bits per heavy atom. The number of nitrogens with zero attached hydrogens (tertiary/aromatic N) is 1. The molecule has 0 fully saturated rings. The van der Waals surface area contributed by atoms with Crippen LogP contribution in [0.25, 0.3) is 0 Å². The van der Waals surface area contributed by atoms with Crippen LogP contribution < -0.4 is 4.74 Å². The summed E-state index contributed by atoms with van der Waals surface area (Å²) in [5.74, 6) is -0.953. The summed E-state index contributed by atoms with van der Waals surface area (Å²) in [6.07, 6.45) is 0. The van der Waals surface area contributed by atoms with E-state index in [0.717, 1.165) is 0 Å². The van der Waals surface area contributed by atoms with Gasteiger partial charge in [0.05, 0.1) is 10.5 Å². The molecule has 2 rings (SSSR count). The van der Waals surface area contributed by atoms with Crippen molar-refractivity contribution in [1.29, 1.82) is 0 Å². The van der Waals surface area contributed by atoms with Gasteiger partial charge in [-0.1, -0.05) is 6.07 Å². The van der Waals surface area contributed by atoms with Gasteiger partial charge in [0.25, 0.3) is 5.69 Å². The molecule has 2 aromatic rings. The van der Waals surface area contributed by atoms with Gasteiger partial charge in [0.15, 0.2) is 17.3 Å². The van der Waals surface area contributed by atoms with Crippen LogP contribution in [0, 0.1) is 22.9 Å². The monoisotopic (exact) mass is 289 g/mol. The van der Waals surface area contributed by atoms with Crippen LogP contribution in [0.1, 0.15) is 22.8 Å². The van der Waals surface area contributed by atoms with Crippen molar-refractivity contribution in [2.45, 2.75) is 13.8 Å². The van der Waals surface area contributed by atoms with Crippen LogP contribution in [0.3, 0.4) is 0 Å². The van der Waals surface area contributed by atoms with E-state index in [-0.39, 0.29) is 28.5 Å². The highest BCUT2D eigenvalue weighted by molar-refractivity contribution is 5.96. The first-order valence-corrected chi connectivity index (χ1v) is 6.12. The number of hydrogen-bond acceptors (Lipinski definition) is 4. The van der Waals surface area contributed by atoms with E-state index in [2.05, 4.69) is 0 Å². The van der Waals surface area contributed by atoms with Crippen LogP contribution in [-0.2, 0) is 0 Å². The van der Waals surface area contributed by atoms with Crippen molar-refractivity contribution in [2.75, 3.05) is 0 Å². The number of nitro benzene ring substituents is 1. The number of nitro groups is 1. The van der Waals surface area contributed by atoms with Crippen molar-refractivity contribution in [3.63, 3.8) is 0 Å². The molecule has 0 aliphatic carbocycles. The van der Waals surface area contributed by atoms with Gasteiger partial charge in [-0.25, -0.2) is 4.39 Å². The topological polar surface area (TPSA) is 69.4 Å². The number of ketones is 1. The number of benzene rings is 2. The van der Waals surface area contributed by atoms with Crippen molar-refractivity contribution in [1.82, 2.24) is 0 Å². The Hall–Kier alpha value is -2.76. The summed E-state index contributed by atoms with van der Waals surface area (Å²) >= 11 is 0. The zero-order valence-corrected chi connectivity index (χ0v) is 11.4. The number of ether oxygens (including phenoxy) is 1. The Bertz CT molecular complexity index is 728. The van der Waals surface area contributed by atoms with E-state index in [4.69, 9.17) is 4.74 Å². The Morgan fingerprint density at radius 3 is 2.57 bits per heavy atom. The SMILES string of the molecule is CC(=O)c1cccc(F)c1Oc1ccc([N+](=O)[O-])c(C)c1. The lowest BCUT2D eigenvalue weighted by atomic mass is 10.1. The highest BCUT2D eigenvalue weighted by atomic mass is 19.1. The predicted molar refractivity (Wildman–Crippen MR) is 74.3 cm³/mol. The van der Waals surface area contributed by atoms with Crippen molar-refractivity contribution in [2.24, 2.45) is 0 Å². The summed E-state index contributed by atoms with van der Waals surface area (Å²) in [7, 11) is 0. The van der Waals surface area contributed by atoms with Gasteiger partial charge in [0.1, 0.15) is 5.75 Å². The van der Waals surface area contributed by atoms with Crippen molar-refractivity contribution < 1.29 is 18.8 Å². The Labute approximate surface area is 120 Å². The number of rotatable bonds is 4. The van der Waals surface area contributed by atoms with Crippen LogP contribution in [-0.4, -0.2) is 10.7 Å². The minimum atomic E-state index is -0.668. The molecule has 0 N–H and O–H groups in total. The molecule has 0 spiro atoms. The molecule has 0 bridgehead atoms. The third kappa shape index (κ3) is 3.05. The predicted octanol–water partition coefficient (Wildman–Crippen LogP) is 4.04. The average Bonchev–Trinajstić information content (AvgIpc) is 2.40. The highest BCUT2D eigenvalue weighted by Gasteiger charge is 2.16. The number of aryl methyl sites for hydroxylation is 1. The third-order valence-corrected chi connectivity index (χ3v) is 2.93. The first-order chi connectivity index (χ1) is 9.90. The molecule has 0 aliphatic rings. The fourth-order valence-electron chi connectivity index (χ4n) is 1.90. The van der Waals surface area contributed by atoms with Crippen LogP contribution in [0.15, 0.2) is 36.4 Å². The molecule has 0 unspecified atom stereocenters. The summed E-state index contributed by atoms with van der Waals surface area (Å²) in [6.45, 7) is 2.86. The molecule has 0 aliphatic heterocycles. The molecule has 0 saturated heterocycles. The molecular formula is C15H12FNO4. The summed E-state index contributed by atoms with van der Waals surface area (Å²) < 4.78 is 19.2. The van der Waals surface area contributed by atoms with E-state index < -0.39 is 10.7 Å². The van der Waals surface area contributed by atoms with Crippen LogP contribution in [0.4, 0.5) is 10.1 Å². The maximum absolute atomic E-state index is 13.8. The van der Waals surface area contributed by atoms with Gasteiger partial charge in [-0.05, 0) is 38.1 Å². The molecule has 21 heavy (non-hydrogen) atoms. The van der Waals surface area contributed by atoms with Crippen LogP contribution >= 0.6 is 0 Å². The molecule has 108 valence electrons. The second kappa shape index (κ2) is 5.70. The van der Waals surface area contributed by atoms with Crippen molar-refractivity contribution >= 4 is 11.5 Å². The maximum atomic E-state index is 13.8. The minimum Gasteiger partial charge on any atom is -0.453 e. The average molecular weight is 289 g/mol. The number of Topliss-reactive ketones (excluding diaryl/α,β-unsaturated/α-hetero) is 1. The highest BCUT2D eigenvalue weighted by Crippen LogP contribution is 2.31. The number of carbonyl (C=O) groups excluding carboxylic acids is 1. The second-order valence-electron chi connectivity index (χ2n) is 4.48. The summed E-state index contributed by atoms with van der Waals surface area (Å²) in [5.41, 5.74) is 0.451. The molecule has 0 aromatic heterocycles. The van der Waals surface area contributed by atoms with E-state index in [1.54, 1.807) is 6.92 Å². The fourth-order valence-corrected chi connectivity index (χ4v) is 1.90. The number of halogens is 1. The van der Waals surface area contributed by atoms with E-state index in [1.807, 2.05) is 0 Å². The Balaban J connectivity index is 2.41. The molecule has 5 nitrogen and oxygen atoms in total. The first-order valence-electron chi connectivity index (χ1n) is 6.12. The minimum absolute atomic E-state index is 0.0531.